The van der Waals surface area contributed by atoms with E-state index in [-0.39, 0.29) is 22.6 Å². The highest BCUT2D eigenvalue weighted by Gasteiger charge is 2.20. The fourth-order valence-electron chi connectivity index (χ4n) is 2.83. The van der Waals surface area contributed by atoms with Crippen molar-refractivity contribution in [2.24, 2.45) is 0 Å². The Morgan fingerprint density at radius 1 is 1.22 bits per heavy atom. The quantitative estimate of drug-likeness (QED) is 0.794. The van der Waals surface area contributed by atoms with E-state index in [0.717, 1.165) is 18.5 Å². The van der Waals surface area contributed by atoms with E-state index in [4.69, 9.17) is 11.6 Å². The number of anilines is 1. The summed E-state index contributed by atoms with van der Waals surface area (Å²) < 4.78 is 28.7. The van der Waals surface area contributed by atoms with Crippen molar-refractivity contribution in [3.05, 3.63) is 58.6 Å². The highest BCUT2D eigenvalue weighted by molar-refractivity contribution is 6.32. The van der Waals surface area contributed by atoms with Gasteiger partial charge in [-0.1, -0.05) is 23.7 Å². The van der Waals surface area contributed by atoms with E-state index in [2.05, 4.69) is 10.1 Å². The van der Waals surface area contributed by atoms with Crippen molar-refractivity contribution < 1.29 is 23.1 Å². The number of likely N-dealkylation sites (tertiary alicyclic amines) is 1. The normalized spacial score (nSPS) is 13.9. The summed E-state index contributed by atoms with van der Waals surface area (Å²) in [5, 5.41) is 2.62. The zero-order valence-electron chi connectivity index (χ0n) is 14.3. The maximum atomic E-state index is 12.3. The molecule has 0 radical (unpaired) electrons. The summed E-state index contributed by atoms with van der Waals surface area (Å²) in [6.07, 6.45) is 1.47. The van der Waals surface area contributed by atoms with Crippen LogP contribution in [0.1, 0.15) is 28.8 Å². The number of nitrogens with zero attached hydrogens (tertiary/aromatic N) is 1. The predicted molar refractivity (Wildman–Crippen MR) is 97.1 cm³/mol. The zero-order valence-corrected chi connectivity index (χ0v) is 15.0. The molecule has 1 N–H and O–H groups in total. The molecule has 142 valence electrons. The monoisotopic (exact) mass is 394 g/mol. The molecule has 0 atom stereocenters. The molecule has 1 heterocycles. The van der Waals surface area contributed by atoms with Crippen LogP contribution in [0.5, 0.6) is 5.75 Å². The van der Waals surface area contributed by atoms with Gasteiger partial charge in [0, 0.05) is 30.8 Å². The molecule has 0 unspecified atom stereocenters. The van der Waals surface area contributed by atoms with E-state index >= 15 is 0 Å². The highest BCUT2D eigenvalue weighted by atomic mass is 35.5. The van der Waals surface area contributed by atoms with Crippen LogP contribution >= 0.6 is 11.6 Å². The number of halogens is 3. The number of rotatable bonds is 6. The molecule has 5 nitrogen and oxygen atoms in total. The molecule has 8 heteroatoms. The standard InChI is InChI=1S/C19H17ClF2N2O3/c20-15-10-14(7-8-16(15)27-19(21)22)23-18(26)13-5-3-12(4-6-13)11-24-9-1-2-17(24)25/h3-8,10,19H,1-2,9,11H2,(H,23,26). The van der Waals surface area contributed by atoms with E-state index in [1.54, 1.807) is 29.2 Å². The Morgan fingerprint density at radius 3 is 2.56 bits per heavy atom. The third-order valence-electron chi connectivity index (χ3n) is 4.17. The van der Waals surface area contributed by atoms with Gasteiger partial charge in [-0.05, 0) is 42.3 Å². The summed E-state index contributed by atoms with van der Waals surface area (Å²) >= 11 is 5.87. The molecule has 2 amide bonds. The van der Waals surface area contributed by atoms with Crippen LogP contribution in [0.3, 0.4) is 0 Å². The number of alkyl halides is 2. The summed E-state index contributed by atoms with van der Waals surface area (Å²) in [7, 11) is 0. The Bertz CT molecular complexity index is 843. The minimum absolute atomic E-state index is 0.0290. The predicted octanol–water partition coefficient (Wildman–Crippen LogP) is 4.32. The maximum Gasteiger partial charge on any atom is 0.387 e. The molecule has 0 spiro atoms. The van der Waals surface area contributed by atoms with E-state index in [9.17, 15) is 18.4 Å². The minimum Gasteiger partial charge on any atom is -0.433 e. The number of ether oxygens (including phenoxy) is 1. The van der Waals surface area contributed by atoms with Crippen molar-refractivity contribution in [1.82, 2.24) is 4.90 Å². The Labute approximate surface area is 159 Å². The molecule has 2 aromatic rings. The Morgan fingerprint density at radius 2 is 1.96 bits per heavy atom. The van der Waals surface area contributed by atoms with Crippen LogP contribution in [-0.4, -0.2) is 29.9 Å². The second kappa shape index (κ2) is 8.35. The van der Waals surface area contributed by atoms with Crippen LogP contribution in [0.25, 0.3) is 0 Å². The first kappa shape index (κ1) is 19.1. The Hall–Kier alpha value is -2.67. The molecule has 27 heavy (non-hydrogen) atoms. The van der Waals surface area contributed by atoms with Gasteiger partial charge in [-0.2, -0.15) is 8.78 Å². The maximum absolute atomic E-state index is 12.3. The van der Waals surface area contributed by atoms with Crippen LogP contribution < -0.4 is 10.1 Å². The summed E-state index contributed by atoms with van der Waals surface area (Å²) in [5.41, 5.74) is 1.73. The summed E-state index contributed by atoms with van der Waals surface area (Å²) in [5.74, 6) is -0.379. The van der Waals surface area contributed by atoms with Crippen LogP contribution in [0.4, 0.5) is 14.5 Å². The van der Waals surface area contributed by atoms with Gasteiger partial charge in [0.1, 0.15) is 5.75 Å². The van der Waals surface area contributed by atoms with Gasteiger partial charge >= 0.3 is 6.61 Å². The molecule has 1 saturated heterocycles. The second-order valence-electron chi connectivity index (χ2n) is 6.09. The minimum atomic E-state index is -2.97. The first-order chi connectivity index (χ1) is 12.9. The van der Waals surface area contributed by atoms with Gasteiger partial charge < -0.3 is 15.0 Å². The lowest BCUT2D eigenvalue weighted by molar-refractivity contribution is -0.128. The molecule has 1 aliphatic rings. The summed E-state index contributed by atoms with van der Waals surface area (Å²) in [4.78, 5) is 25.8. The first-order valence-corrected chi connectivity index (χ1v) is 8.72. The van der Waals surface area contributed by atoms with E-state index in [0.29, 0.717) is 24.2 Å². The smallest absolute Gasteiger partial charge is 0.387 e. The van der Waals surface area contributed by atoms with Crippen LogP contribution in [0.15, 0.2) is 42.5 Å². The summed E-state index contributed by atoms with van der Waals surface area (Å²) in [6, 6.07) is 11.0. The lowest BCUT2D eigenvalue weighted by atomic mass is 10.1. The highest BCUT2D eigenvalue weighted by Crippen LogP contribution is 2.29. The number of amides is 2. The molecule has 1 fully saturated rings. The molecule has 1 aliphatic heterocycles. The average Bonchev–Trinajstić information content (AvgIpc) is 3.02. The zero-order chi connectivity index (χ0) is 19.4. The number of carbonyl (C=O) groups is 2. The van der Waals surface area contributed by atoms with Gasteiger partial charge in [-0.15, -0.1) is 0 Å². The van der Waals surface area contributed by atoms with Crippen molar-refractivity contribution in [2.75, 3.05) is 11.9 Å². The SMILES string of the molecule is O=C(Nc1ccc(OC(F)F)c(Cl)c1)c1ccc(CN2CCCC2=O)cc1. The Balaban J connectivity index is 1.62. The van der Waals surface area contributed by atoms with Gasteiger partial charge in [0.2, 0.25) is 5.91 Å². The van der Waals surface area contributed by atoms with Gasteiger partial charge in [0.25, 0.3) is 5.91 Å². The number of carbonyl (C=O) groups excluding carboxylic acids is 2. The van der Waals surface area contributed by atoms with Crippen molar-refractivity contribution >= 4 is 29.1 Å². The fourth-order valence-corrected chi connectivity index (χ4v) is 3.05. The second-order valence-corrected chi connectivity index (χ2v) is 6.50. The molecule has 0 bridgehead atoms. The van der Waals surface area contributed by atoms with Gasteiger partial charge in [0.05, 0.1) is 5.02 Å². The third kappa shape index (κ3) is 4.95. The Kier molecular flexibility index (Phi) is 5.91. The largest absolute Gasteiger partial charge is 0.433 e. The molecule has 3 rings (SSSR count). The van der Waals surface area contributed by atoms with E-state index in [1.807, 2.05) is 0 Å². The van der Waals surface area contributed by atoms with Crippen LogP contribution in [0.2, 0.25) is 5.02 Å². The first-order valence-electron chi connectivity index (χ1n) is 8.35. The molecule has 2 aromatic carbocycles. The lowest BCUT2D eigenvalue weighted by Gasteiger charge is -2.15. The van der Waals surface area contributed by atoms with Gasteiger partial charge in [-0.25, -0.2) is 0 Å². The van der Waals surface area contributed by atoms with Crippen LogP contribution in [0, 0.1) is 0 Å². The van der Waals surface area contributed by atoms with Crippen molar-refractivity contribution in [1.29, 1.82) is 0 Å². The van der Waals surface area contributed by atoms with Crippen molar-refractivity contribution in [2.45, 2.75) is 26.0 Å². The average molecular weight is 395 g/mol. The number of nitrogens with one attached hydrogen (secondary N) is 1. The fraction of sp³-hybridized carbons (Fsp3) is 0.263. The van der Waals surface area contributed by atoms with Gasteiger partial charge in [0.15, 0.2) is 0 Å². The van der Waals surface area contributed by atoms with E-state index < -0.39 is 6.61 Å². The lowest BCUT2D eigenvalue weighted by Crippen LogP contribution is -2.23. The third-order valence-corrected chi connectivity index (χ3v) is 4.46. The van der Waals surface area contributed by atoms with E-state index in [1.165, 1.54) is 18.2 Å². The van der Waals surface area contributed by atoms with Gasteiger partial charge in [-0.3, -0.25) is 9.59 Å². The summed E-state index contributed by atoms with van der Waals surface area (Å²) in [6.45, 7) is -1.69. The molecular weight excluding hydrogens is 378 g/mol. The molecule has 0 saturated carbocycles. The van der Waals surface area contributed by atoms with Crippen LogP contribution in [-0.2, 0) is 11.3 Å². The molecule has 0 aromatic heterocycles. The number of hydrogen-bond acceptors (Lipinski definition) is 3. The number of hydrogen-bond donors (Lipinski definition) is 1. The van der Waals surface area contributed by atoms with Crippen molar-refractivity contribution in [3.63, 3.8) is 0 Å². The molecule has 0 aliphatic carbocycles. The number of benzene rings is 2. The topological polar surface area (TPSA) is 58.6 Å². The van der Waals surface area contributed by atoms with Crippen molar-refractivity contribution in [3.8, 4) is 5.75 Å². The molecular formula is C19H17ClF2N2O3.